The van der Waals surface area contributed by atoms with Gasteiger partial charge in [0, 0.05) is 36.4 Å². The third-order valence-electron chi connectivity index (χ3n) is 4.63. The zero-order valence-corrected chi connectivity index (χ0v) is 17.7. The standard InChI is InChI=1S/C20H24N6O3S/c1-3-5-9-26-17(21)16(18(28)24-20(26)29)25(4-2)15(27)10-14-12-30-19(23-14)13-7-6-8-22-11-13/h6-8,11-12H,3-5,9-10,21H2,1-2H3,(H,24,28,29). The number of H-pyrrole nitrogens is 1. The van der Waals surface area contributed by atoms with Crippen LogP contribution in [0.15, 0.2) is 39.5 Å². The second-order valence-corrected chi connectivity index (χ2v) is 7.56. The molecule has 0 bridgehead atoms. The molecule has 0 aliphatic carbocycles. The minimum Gasteiger partial charge on any atom is -0.383 e. The normalized spacial score (nSPS) is 10.9. The Bertz CT molecular complexity index is 1140. The molecule has 3 heterocycles. The average molecular weight is 429 g/mol. The summed E-state index contributed by atoms with van der Waals surface area (Å²) < 4.78 is 1.31. The van der Waals surface area contributed by atoms with E-state index in [-0.39, 0.29) is 30.4 Å². The van der Waals surface area contributed by atoms with Crippen molar-refractivity contribution < 1.29 is 4.79 Å². The molecule has 0 saturated carbocycles. The number of nitrogen functional groups attached to an aromatic ring is 1. The molecule has 3 N–H and O–H groups in total. The zero-order valence-electron chi connectivity index (χ0n) is 16.9. The highest BCUT2D eigenvalue weighted by Crippen LogP contribution is 2.24. The molecule has 0 aliphatic heterocycles. The van der Waals surface area contributed by atoms with Gasteiger partial charge in [-0.05, 0) is 25.5 Å². The SMILES string of the molecule is CCCCn1c(N)c(N(CC)C(=O)Cc2csc(-c3cccnc3)n2)c(=O)[nH]c1=O. The van der Waals surface area contributed by atoms with Crippen LogP contribution in [0.1, 0.15) is 32.4 Å². The minimum atomic E-state index is -0.672. The van der Waals surface area contributed by atoms with Gasteiger partial charge in [0.25, 0.3) is 5.56 Å². The summed E-state index contributed by atoms with van der Waals surface area (Å²) in [6, 6.07) is 3.72. The molecule has 10 heteroatoms. The summed E-state index contributed by atoms with van der Waals surface area (Å²) in [7, 11) is 0. The van der Waals surface area contributed by atoms with Crippen LogP contribution in [0.25, 0.3) is 10.6 Å². The monoisotopic (exact) mass is 428 g/mol. The topological polar surface area (TPSA) is 127 Å². The quantitative estimate of drug-likeness (QED) is 0.565. The lowest BCUT2D eigenvalue weighted by Crippen LogP contribution is -2.41. The Morgan fingerprint density at radius 3 is 2.80 bits per heavy atom. The van der Waals surface area contributed by atoms with Crippen LogP contribution < -0.4 is 21.9 Å². The highest BCUT2D eigenvalue weighted by atomic mass is 32.1. The molecule has 0 aromatic carbocycles. The lowest BCUT2D eigenvalue weighted by Gasteiger charge is -2.23. The first-order valence-electron chi connectivity index (χ1n) is 9.74. The number of amides is 1. The van der Waals surface area contributed by atoms with Gasteiger partial charge in [0.2, 0.25) is 5.91 Å². The lowest BCUT2D eigenvalue weighted by atomic mass is 10.2. The molecule has 30 heavy (non-hydrogen) atoms. The molecule has 0 spiro atoms. The summed E-state index contributed by atoms with van der Waals surface area (Å²) in [6.45, 7) is 4.35. The molecule has 0 radical (unpaired) electrons. The molecule has 0 atom stereocenters. The van der Waals surface area contributed by atoms with Gasteiger partial charge in [0.1, 0.15) is 10.8 Å². The number of unbranched alkanes of at least 4 members (excludes halogenated alkanes) is 1. The van der Waals surface area contributed by atoms with Crippen LogP contribution in [-0.4, -0.2) is 32.0 Å². The molecule has 3 aromatic rings. The Labute approximate surface area is 177 Å². The van der Waals surface area contributed by atoms with Crippen molar-refractivity contribution >= 4 is 28.7 Å². The van der Waals surface area contributed by atoms with E-state index >= 15 is 0 Å². The number of nitrogens with two attached hydrogens (primary N) is 1. The number of likely N-dealkylation sites (N-methyl/N-ethyl adjacent to an activating group) is 1. The fourth-order valence-electron chi connectivity index (χ4n) is 3.10. The van der Waals surface area contributed by atoms with E-state index in [9.17, 15) is 14.4 Å². The number of anilines is 2. The number of carbonyl (C=O) groups is 1. The summed E-state index contributed by atoms with van der Waals surface area (Å²) in [5, 5.41) is 2.57. The van der Waals surface area contributed by atoms with Gasteiger partial charge in [-0.25, -0.2) is 9.78 Å². The molecule has 9 nitrogen and oxygen atoms in total. The Hall–Kier alpha value is -3.27. The summed E-state index contributed by atoms with van der Waals surface area (Å²) in [6.07, 6.45) is 4.99. The maximum absolute atomic E-state index is 13.0. The van der Waals surface area contributed by atoms with Crippen molar-refractivity contribution in [3.63, 3.8) is 0 Å². The second-order valence-electron chi connectivity index (χ2n) is 6.70. The third kappa shape index (κ3) is 4.48. The van der Waals surface area contributed by atoms with E-state index in [1.807, 2.05) is 24.4 Å². The summed E-state index contributed by atoms with van der Waals surface area (Å²) in [5.41, 5.74) is 6.37. The van der Waals surface area contributed by atoms with Crippen LogP contribution in [0.5, 0.6) is 0 Å². The van der Waals surface area contributed by atoms with Gasteiger partial charge < -0.3 is 10.6 Å². The van der Waals surface area contributed by atoms with Crippen LogP contribution >= 0.6 is 11.3 Å². The number of hydrogen-bond acceptors (Lipinski definition) is 7. The molecular formula is C20H24N6O3S. The average Bonchev–Trinajstić information content (AvgIpc) is 3.20. The van der Waals surface area contributed by atoms with Crippen molar-refractivity contribution in [2.45, 2.75) is 39.7 Å². The van der Waals surface area contributed by atoms with Gasteiger partial charge in [-0.15, -0.1) is 11.3 Å². The van der Waals surface area contributed by atoms with E-state index < -0.39 is 11.2 Å². The van der Waals surface area contributed by atoms with Crippen LogP contribution in [0.3, 0.4) is 0 Å². The van der Waals surface area contributed by atoms with Crippen LogP contribution in [0, 0.1) is 0 Å². The van der Waals surface area contributed by atoms with Gasteiger partial charge in [0.05, 0.1) is 12.1 Å². The van der Waals surface area contributed by atoms with E-state index in [1.165, 1.54) is 20.8 Å². The minimum absolute atomic E-state index is 0.000848. The summed E-state index contributed by atoms with van der Waals surface area (Å²) >= 11 is 1.42. The fraction of sp³-hybridized carbons (Fsp3) is 0.350. The smallest absolute Gasteiger partial charge is 0.330 e. The van der Waals surface area contributed by atoms with Crippen LogP contribution in [0.4, 0.5) is 11.5 Å². The molecule has 158 valence electrons. The number of nitrogens with one attached hydrogen (secondary N) is 1. The van der Waals surface area contributed by atoms with Crippen molar-refractivity contribution in [1.29, 1.82) is 0 Å². The Morgan fingerprint density at radius 1 is 1.33 bits per heavy atom. The molecule has 0 saturated heterocycles. The van der Waals surface area contributed by atoms with E-state index in [4.69, 9.17) is 5.73 Å². The first-order chi connectivity index (χ1) is 14.5. The summed E-state index contributed by atoms with van der Waals surface area (Å²) in [5.74, 6) is -0.319. The lowest BCUT2D eigenvalue weighted by molar-refractivity contribution is -0.118. The van der Waals surface area contributed by atoms with Crippen molar-refractivity contribution in [1.82, 2.24) is 19.5 Å². The van der Waals surface area contributed by atoms with Gasteiger partial charge in [-0.3, -0.25) is 24.1 Å². The number of aromatic amines is 1. The maximum Gasteiger partial charge on any atom is 0.330 e. The van der Waals surface area contributed by atoms with Gasteiger partial charge in [0.15, 0.2) is 5.69 Å². The highest BCUT2D eigenvalue weighted by molar-refractivity contribution is 7.13. The Balaban J connectivity index is 1.88. The van der Waals surface area contributed by atoms with Crippen molar-refractivity contribution in [3.8, 4) is 10.6 Å². The largest absolute Gasteiger partial charge is 0.383 e. The number of carbonyl (C=O) groups excluding carboxylic acids is 1. The second kappa shape index (κ2) is 9.49. The molecule has 3 rings (SSSR count). The maximum atomic E-state index is 13.0. The molecular weight excluding hydrogens is 404 g/mol. The van der Waals surface area contributed by atoms with Gasteiger partial charge >= 0.3 is 5.69 Å². The predicted octanol–water partition coefficient (Wildman–Crippen LogP) is 2.03. The van der Waals surface area contributed by atoms with Crippen LogP contribution in [-0.2, 0) is 17.8 Å². The highest BCUT2D eigenvalue weighted by Gasteiger charge is 2.23. The van der Waals surface area contributed by atoms with E-state index in [1.54, 1.807) is 19.3 Å². The first kappa shape index (κ1) is 21.4. The number of rotatable bonds is 8. The van der Waals surface area contributed by atoms with E-state index in [2.05, 4.69) is 15.0 Å². The fourth-order valence-corrected chi connectivity index (χ4v) is 3.91. The van der Waals surface area contributed by atoms with Crippen molar-refractivity contribution in [3.05, 3.63) is 56.4 Å². The Kier molecular flexibility index (Phi) is 6.78. The molecule has 0 fully saturated rings. The molecule has 1 amide bonds. The van der Waals surface area contributed by atoms with Gasteiger partial charge in [-0.1, -0.05) is 13.3 Å². The van der Waals surface area contributed by atoms with E-state index in [0.717, 1.165) is 23.4 Å². The Morgan fingerprint density at radius 2 is 2.13 bits per heavy atom. The number of nitrogens with zero attached hydrogens (tertiary/aromatic N) is 4. The number of hydrogen-bond donors (Lipinski definition) is 2. The third-order valence-corrected chi connectivity index (χ3v) is 5.57. The van der Waals surface area contributed by atoms with E-state index in [0.29, 0.717) is 12.2 Å². The van der Waals surface area contributed by atoms with Crippen molar-refractivity contribution in [2.75, 3.05) is 17.2 Å². The first-order valence-corrected chi connectivity index (χ1v) is 10.6. The van der Waals surface area contributed by atoms with Gasteiger partial charge in [-0.2, -0.15) is 0 Å². The molecule has 0 unspecified atom stereocenters. The molecule has 3 aromatic heterocycles. The molecule has 0 aliphatic rings. The number of pyridine rings is 1. The predicted molar refractivity (Wildman–Crippen MR) is 118 cm³/mol. The number of thiazole rings is 1. The number of aromatic nitrogens is 4. The zero-order chi connectivity index (χ0) is 21.7. The van der Waals surface area contributed by atoms with Crippen LogP contribution in [0.2, 0.25) is 0 Å². The van der Waals surface area contributed by atoms with Crippen molar-refractivity contribution in [2.24, 2.45) is 0 Å². The summed E-state index contributed by atoms with van der Waals surface area (Å²) in [4.78, 5) is 49.8.